The van der Waals surface area contributed by atoms with Crippen molar-refractivity contribution >= 4 is 34.8 Å². The highest BCUT2D eigenvalue weighted by Gasteiger charge is 2.53. The number of benzene rings is 3. The van der Waals surface area contributed by atoms with Gasteiger partial charge in [-0.1, -0.05) is 66.8 Å². The van der Waals surface area contributed by atoms with Crippen molar-refractivity contribution in [1.82, 2.24) is 15.0 Å². The molecular weight excluding hydrogens is 608 g/mol. The summed E-state index contributed by atoms with van der Waals surface area (Å²) < 4.78 is 1.72. The smallest absolute Gasteiger partial charge is 0.264 e. The van der Waals surface area contributed by atoms with Gasteiger partial charge in [-0.3, -0.25) is 19.1 Å². The minimum atomic E-state index is -1.84. The Kier molecular flexibility index (Phi) is 8.40. The summed E-state index contributed by atoms with van der Waals surface area (Å²) in [6.45, 7) is 3.81. The van der Waals surface area contributed by atoms with Gasteiger partial charge in [-0.05, 0) is 47.9 Å². The number of hydrogen-bond acceptors (Lipinski definition) is 7. The van der Waals surface area contributed by atoms with Crippen molar-refractivity contribution in [2.24, 2.45) is 5.92 Å². The Hall–Kier alpha value is -5.13. The average Bonchev–Trinajstić information content (AvgIpc) is 3.64. The third kappa shape index (κ3) is 5.58. The van der Waals surface area contributed by atoms with Crippen molar-refractivity contribution < 1.29 is 24.6 Å². The van der Waals surface area contributed by atoms with Gasteiger partial charge in [0.05, 0.1) is 30.5 Å². The summed E-state index contributed by atoms with van der Waals surface area (Å²) in [4.78, 5) is 43.3. The van der Waals surface area contributed by atoms with Crippen LogP contribution in [0.4, 0.5) is 17.1 Å². The third-order valence-electron chi connectivity index (χ3n) is 9.76. The summed E-state index contributed by atoms with van der Waals surface area (Å²) in [7, 11) is 0. The summed E-state index contributed by atoms with van der Waals surface area (Å²) in [5.74, 6) is -1.17. The number of rotatable bonds is 12. The maximum Gasteiger partial charge on any atom is 0.264 e. The van der Waals surface area contributed by atoms with E-state index in [1.165, 1.54) is 0 Å². The summed E-state index contributed by atoms with van der Waals surface area (Å²) in [5.41, 5.74) is 3.24. The maximum atomic E-state index is 14.2. The Morgan fingerprint density at radius 2 is 1.60 bits per heavy atom. The van der Waals surface area contributed by atoms with Gasteiger partial charge in [-0.2, -0.15) is 0 Å². The fraction of sp³-hybridized carbons (Fsp3) is 0.324. The van der Waals surface area contributed by atoms with Gasteiger partial charge in [0.2, 0.25) is 11.8 Å². The SMILES string of the molecule is C[C@@H](/C=C/CCn1cc(C(CO)c2ccccc2)nn1)[C@]1(O)C(=O)N(Cc2ccc(N3CCC3=O)cc2)c2ccc(N3CCC3=O)cc21. The molecule has 0 saturated carbocycles. The van der Waals surface area contributed by atoms with Crippen LogP contribution < -0.4 is 14.7 Å². The molecule has 48 heavy (non-hydrogen) atoms. The van der Waals surface area contributed by atoms with Gasteiger partial charge in [0, 0.05) is 61.5 Å². The first-order valence-electron chi connectivity index (χ1n) is 16.4. The quantitative estimate of drug-likeness (QED) is 0.176. The van der Waals surface area contributed by atoms with Gasteiger partial charge >= 0.3 is 0 Å². The molecule has 4 heterocycles. The minimum Gasteiger partial charge on any atom is -0.395 e. The van der Waals surface area contributed by atoms with Crippen LogP contribution in [0.25, 0.3) is 0 Å². The normalized spacial score (nSPS) is 20.2. The van der Waals surface area contributed by atoms with E-state index in [-0.39, 0.29) is 30.9 Å². The molecule has 2 N–H and O–H groups in total. The number of carbonyl (C=O) groups excluding carboxylic acids is 3. The van der Waals surface area contributed by atoms with E-state index in [1.54, 1.807) is 25.4 Å². The number of aromatic nitrogens is 3. The Morgan fingerprint density at radius 1 is 0.917 bits per heavy atom. The molecule has 11 nitrogen and oxygen atoms in total. The van der Waals surface area contributed by atoms with Crippen LogP contribution in [0, 0.1) is 5.92 Å². The van der Waals surface area contributed by atoms with Crippen LogP contribution in [0.1, 0.15) is 54.5 Å². The van der Waals surface area contributed by atoms with Crippen molar-refractivity contribution in [1.29, 1.82) is 0 Å². The van der Waals surface area contributed by atoms with Crippen molar-refractivity contribution in [2.75, 3.05) is 34.4 Å². The second-order valence-electron chi connectivity index (χ2n) is 12.7. The predicted octanol–water partition coefficient (Wildman–Crippen LogP) is 3.89. The van der Waals surface area contributed by atoms with Crippen molar-refractivity contribution in [3.05, 3.63) is 114 Å². The molecule has 0 bridgehead atoms. The van der Waals surface area contributed by atoms with Gasteiger partial charge in [-0.15, -0.1) is 5.10 Å². The Labute approximate surface area is 278 Å². The van der Waals surface area contributed by atoms with Crippen LogP contribution in [0.5, 0.6) is 0 Å². The van der Waals surface area contributed by atoms with Gasteiger partial charge in [0.15, 0.2) is 5.60 Å². The predicted molar refractivity (Wildman–Crippen MR) is 180 cm³/mol. The highest BCUT2D eigenvalue weighted by Crippen LogP contribution is 2.47. The van der Waals surface area contributed by atoms with E-state index in [9.17, 15) is 24.6 Å². The second kappa shape index (κ2) is 12.8. The van der Waals surface area contributed by atoms with Crippen LogP contribution in [0.2, 0.25) is 0 Å². The summed E-state index contributed by atoms with van der Waals surface area (Å²) in [6.07, 6.45) is 7.23. The number of carbonyl (C=O) groups is 3. The molecule has 3 aliphatic heterocycles. The molecule has 7 rings (SSSR count). The average molecular weight is 647 g/mol. The van der Waals surface area contributed by atoms with Gasteiger partial charge < -0.3 is 24.9 Å². The third-order valence-corrected chi connectivity index (χ3v) is 9.76. The number of fused-ring (bicyclic) bond motifs is 1. The topological polar surface area (TPSA) is 132 Å². The lowest BCUT2D eigenvalue weighted by molar-refractivity contribution is -0.139. The largest absolute Gasteiger partial charge is 0.395 e. The van der Waals surface area contributed by atoms with E-state index in [0.717, 1.165) is 16.8 Å². The van der Waals surface area contributed by atoms with Crippen LogP contribution in [0.15, 0.2) is 91.1 Å². The minimum absolute atomic E-state index is 0.0127. The molecule has 4 aromatic rings. The molecule has 3 amide bonds. The number of anilines is 3. The lowest BCUT2D eigenvalue weighted by atomic mass is 9.82. The zero-order valence-electron chi connectivity index (χ0n) is 26.8. The number of aryl methyl sites for hydroxylation is 1. The molecule has 3 atom stereocenters. The Balaban J connectivity index is 1.08. The summed E-state index contributed by atoms with van der Waals surface area (Å²) >= 11 is 0. The first kappa shape index (κ1) is 31.5. The standard InChI is InChI=1S/C37H38N6O5/c1-25(7-5-6-18-40-23-32(38-39-40)30(24-44)27-8-3-2-4-9-27)37(48)31-21-29(42-20-17-35(42)46)14-15-33(31)43(36(37)47)22-26-10-12-28(13-11-26)41-19-16-34(41)45/h2-5,7-15,21,23,25,30,44,48H,6,16-20,22,24H2,1H3/b7-5+/t25-,30?,37+/m0/s1. The van der Waals surface area contributed by atoms with E-state index >= 15 is 0 Å². The molecule has 0 aliphatic carbocycles. The number of allylic oxidation sites excluding steroid dienone is 1. The van der Waals surface area contributed by atoms with Crippen LogP contribution in [0.3, 0.4) is 0 Å². The van der Waals surface area contributed by atoms with Crippen LogP contribution >= 0.6 is 0 Å². The fourth-order valence-electron chi connectivity index (χ4n) is 6.68. The highest BCUT2D eigenvalue weighted by atomic mass is 16.3. The molecule has 1 unspecified atom stereocenters. The first-order valence-corrected chi connectivity index (χ1v) is 16.4. The fourth-order valence-corrected chi connectivity index (χ4v) is 6.68. The lowest BCUT2D eigenvalue weighted by Gasteiger charge is -2.32. The van der Waals surface area contributed by atoms with Crippen molar-refractivity contribution in [3.8, 4) is 0 Å². The van der Waals surface area contributed by atoms with E-state index in [1.807, 2.05) is 92.0 Å². The first-order chi connectivity index (χ1) is 23.3. The Bertz CT molecular complexity index is 1870. The van der Waals surface area contributed by atoms with Gasteiger partial charge in [-0.25, -0.2) is 0 Å². The van der Waals surface area contributed by atoms with E-state index in [4.69, 9.17) is 0 Å². The maximum absolute atomic E-state index is 14.2. The van der Waals surface area contributed by atoms with Crippen LogP contribution in [-0.2, 0) is 33.1 Å². The zero-order chi connectivity index (χ0) is 33.4. The second-order valence-corrected chi connectivity index (χ2v) is 12.7. The summed E-state index contributed by atoms with van der Waals surface area (Å²) in [5, 5.41) is 30.8. The molecule has 0 radical (unpaired) electrons. The lowest BCUT2D eigenvalue weighted by Crippen LogP contribution is -2.45. The number of aliphatic hydroxyl groups is 2. The molecule has 11 heteroatoms. The van der Waals surface area contributed by atoms with E-state index < -0.39 is 17.4 Å². The molecule has 2 fully saturated rings. The summed E-state index contributed by atoms with van der Waals surface area (Å²) in [6, 6.07) is 22.7. The van der Waals surface area contributed by atoms with E-state index in [2.05, 4.69) is 10.3 Å². The van der Waals surface area contributed by atoms with Gasteiger partial charge in [0.25, 0.3) is 5.91 Å². The molecule has 0 spiro atoms. The monoisotopic (exact) mass is 646 g/mol. The van der Waals surface area contributed by atoms with Crippen molar-refractivity contribution in [2.45, 2.75) is 50.8 Å². The molecule has 246 valence electrons. The molecule has 3 aliphatic rings. The van der Waals surface area contributed by atoms with Gasteiger partial charge in [0.1, 0.15) is 0 Å². The number of nitrogens with zero attached hydrogens (tertiary/aromatic N) is 6. The van der Waals surface area contributed by atoms with Crippen LogP contribution in [-0.4, -0.2) is 62.6 Å². The molecule has 3 aromatic carbocycles. The number of hydrogen-bond donors (Lipinski definition) is 2. The molecule has 2 saturated heterocycles. The molecule has 1 aromatic heterocycles. The number of aliphatic hydroxyl groups excluding tert-OH is 1. The van der Waals surface area contributed by atoms with E-state index in [0.29, 0.717) is 61.5 Å². The molecular formula is C37H38N6O5. The highest BCUT2D eigenvalue weighted by molar-refractivity contribution is 6.08. The number of amides is 3. The number of β-lactam (4-membered cyclic amide) rings is 2. The zero-order valence-corrected chi connectivity index (χ0v) is 26.8. The van der Waals surface area contributed by atoms with Crippen molar-refractivity contribution in [3.63, 3.8) is 0 Å². The Morgan fingerprint density at radius 3 is 2.25 bits per heavy atom.